The quantitative estimate of drug-likeness (QED) is 0.854. The first-order valence-corrected chi connectivity index (χ1v) is 6.05. The number of hydrogen-bond donors (Lipinski definition) is 2. The van der Waals surface area contributed by atoms with Gasteiger partial charge in [-0.1, -0.05) is 30.3 Å². The predicted molar refractivity (Wildman–Crippen MR) is 71.0 cm³/mol. The van der Waals surface area contributed by atoms with E-state index in [1.807, 2.05) is 44.3 Å². The average molecular weight is 245 g/mol. The number of aryl methyl sites for hydroxylation is 1. The van der Waals surface area contributed by atoms with Crippen LogP contribution in [-0.2, 0) is 13.5 Å². The van der Waals surface area contributed by atoms with E-state index in [1.165, 1.54) is 0 Å². The smallest absolute Gasteiger partial charge is 0.0977 e. The molecule has 4 nitrogen and oxygen atoms in total. The van der Waals surface area contributed by atoms with Gasteiger partial charge in [-0.05, 0) is 18.9 Å². The number of nitrogens with two attached hydrogens (primary N) is 1. The fourth-order valence-corrected chi connectivity index (χ4v) is 2.03. The van der Waals surface area contributed by atoms with Crippen LogP contribution in [0.4, 0.5) is 0 Å². The highest BCUT2D eigenvalue weighted by atomic mass is 16.3. The molecule has 0 spiro atoms. The summed E-state index contributed by atoms with van der Waals surface area (Å²) in [6, 6.07) is 9.63. The number of aliphatic hydroxyl groups is 1. The topological polar surface area (TPSA) is 64.1 Å². The Morgan fingerprint density at radius 2 is 2.00 bits per heavy atom. The molecule has 0 fully saturated rings. The summed E-state index contributed by atoms with van der Waals surface area (Å²) in [4.78, 5) is 0. The van der Waals surface area contributed by atoms with Gasteiger partial charge in [0.1, 0.15) is 0 Å². The molecule has 0 saturated carbocycles. The van der Waals surface area contributed by atoms with Crippen molar-refractivity contribution in [3.05, 3.63) is 53.3 Å². The van der Waals surface area contributed by atoms with Gasteiger partial charge in [-0.3, -0.25) is 4.68 Å². The van der Waals surface area contributed by atoms with Crippen LogP contribution in [0.1, 0.15) is 22.9 Å². The van der Waals surface area contributed by atoms with Crippen LogP contribution < -0.4 is 5.73 Å². The third-order valence-electron chi connectivity index (χ3n) is 3.31. The minimum absolute atomic E-state index is 0.324. The summed E-state index contributed by atoms with van der Waals surface area (Å²) < 4.78 is 1.74. The van der Waals surface area contributed by atoms with Crippen molar-refractivity contribution < 1.29 is 5.11 Å². The van der Waals surface area contributed by atoms with Crippen LogP contribution in [0.2, 0.25) is 0 Å². The minimum Gasteiger partial charge on any atom is -0.387 e. The van der Waals surface area contributed by atoms with Crippen LogP contribution >= 0.6 is 0 Å². The standard InChI is InChI=1S/C14H19N3O/c1-10-12(9-16-17(10)2)14(18)13(15)8-11-6-4-3-5-7-11/h3-7,9,13-14,18H,8,15H2,1-2H3. The molecule has 0 saturated heterocycles. The van der Waals surface area contributed by atoms with Crippen molar-refractivity contribution in [2.75, 3.05) is 0 Å². The second-order valence-electron chi connectivity index (χ2n) is 4.61. The second-order valence-corrected chi connectivity index (χ2v) is 4.61. The summed E-state index contributed by atoms with van der Waals surface area (Å²) in [5, 5.41) is 14.4. The first-order chi connectivity index (χ1) is 8.59. The highest BCUT2D eigenvalue weighted by Crippen LogP contribution is 2.21. The lowest BCUT2D eigenvalue weighted by Crippen LogP contribution is -2.30. The van der Waals surface area contributed by atoms with E-state index in [9.17, 15) is 5.11 Å². The van der Waals surface area contributed by atoms with Gasteiger partial charge in [0.25, 0.3) is 0 Å². The molecule has 2 rings (SSSR count). The second kappa shape index (κ2) is 5.33. The van der Waals surface area contributed by atoms with Crippen LogP contribution in [0.3, 0.4) is 0 Å². The van der Waals surface area contributed by atoms with Crippen LogP contribution in [0.15, 0.2) is 36.5 Å². The van der Waals surface area contributed by atoms with Crippen molar-refractivity contribution in [1.82, 2.24) is 9.78 Å². The Balaban J connectivity index is 2.10. The molecule has 1 heterocycles. The maximum absolute atomic E-state index is 10.3. The van der Waals surface area contributed by atoms with E-state index in [1.54, 1.807) is 10.9 Å². The van der Waals surface area contributed by atoms with Gasteiger partial charge in [0.05, 0.1) is 12.3 Å². The molecular weight excluding hydrogens is 226 g/mol. The zero-order valence-electron chi connectivity index (χ0n) is 10.7. The van der Waals surface area contributed by atoms with Gasteiger partial charge in [-0.15, -0.1) is 0 Å². The first-order valence-electron chi connectivity index (χ1n) is 6.05. The predicted octanol–water partition coefficient (Wildman–Crippen LogP) is 1.33. The molecule has 18 heavy (non-hydrogen) atoms. The molecule has 96 valence electrons. The lowest BCUT2D eigenvalue weighted by molar-refractivity contribution is 0.145. The molecule has 1 aromatic heterocycles. The Morgan fingerprint density at radius 1 is 1.33 bits per heavy atom. The lowest BCUT2D eigenvalue weighted by Gasteiger charge is -2.18. The molecule has 2 atom stereocenters. The largest absolute Gasteiger partial charge is 0.387 e. The van der Waals surface area contributed by atoms with Gasteiger partial charge in [0.2, 0.25) is 0 Å². The van der Waals surface area contributed by atoms with Crippen molar-refractivity contribution >= 4 is 0 Å². The fraction of sp³-hybridized carbons (Fsp3) is 0.357. The summed E-state index contributed by atoms with van der Waals surface area (Å²) in [7, 11) is 1.86. The maximum atomic E-state index is 10.3. The molecule has 4 heteroatoms. The third kappa shape index (κ3) is 2.60. The van der Waals surface area contributed by atoms with Gasteiger partial charge >= 0.3 is 0 Å². The highest BCUT2D eigenvalue weighted by Gasteiger charge is 2.21. The number of aliphatic hydroxyl groups excluding tert-OH is 1. The summed E-state index contributed by atoms with van der Waals surface area (Å²) >= 11 is 0. The Labute approximate surface area is 107 Å². The first kappa shape index (κ1) is 12.8. The SMILES string of the molecule is Cc1c(C(O)C(N)Cc2ccccc2)cnn1C. The van der Waals surface area contributed by atoms with Crippen LogP contribution in [0.5, 0.6) is 0 Å². The van der Waals surface area contributed by atoms with Crippen molar-refractivity contribution in [1.29, 1.82) is 0 Å². The van der Waals surface area contributed by atoms with E-state index in [4.69, 9.17) is 5.73 Å². The van der Waals surface area contributed by atoms with Gasteiger partial charge in [-0.2, -0.15) is 5.10 Å². The van der Waals surface area contributed by atoms with Crippen LogP contribution in [-0.4, -0.2) is 20.9 Å². The molecule has 1 aromatic carbocycles. The summed E-state index contributed by atoms with van der Waals surface area (Å²) in [5.41, 5.74) is 8.96. The molecule has 2 unspecified atom stereocenters. The van der Waals surface area contributed by atoms with Crippen molar-refractivity contribution in [2.24, 2.45) is 12.8 Å². The van der Waals surface area contributed by atoms with Crippen molar-refractivity contribution in [3.63, 3.8) is 0 Å². The van der Waals surface area contributed by atoms with Gasteiger partial charge in [0, 0.05) is 24.3 Å². The van der Waals surface area contributed by atoms with E-state index in [-0.39, 0.29) is 6.04 Å². The highest BCUT2D eigenvalue weighted by molar-refractivity contribution is 5.22. The number of hydrogen-bond acceptors (Lipinski definition) is 3. The van der Waals surface area contributed by atoms with Crippen LogP contribution in [0, 0.1) is 6.92 Å². The average Bonchev–Trinajstić information content (AvgIpc) is 2.70. The zero-order chi connectivity index (χ0) is 13.1. The Hall–Kier alpha value is -1.65. The summed E-state index contributed by atoms with van der Waals surface area (Å²) in [6.07, 6.45) is 1.65. The van der Waals surface area contributed by atoms with E-state index < -0.39 is 6.10 Å². The summed E-state index contributed by atoms with van der Waals surface area (Å²) in [5.74, 6) is 0. The molecule has 0 bridgehead atoms. The Morgan fingerprint density at radius 3 is 2.56 bits per heavy atom. The molecule has 0 amide bonds. The van der Waals surface area contributed by atoms with E-state index in [0.717, 1.165) is 16.8 Å². The fourth-order valence-electron chi connectivity index (χ4n) is 2.03. The van der Waals surface area contributed by atoms with E-state index in [2.05, 4.69) is 5.10 Å². The lowest BCUT2D eigenvalue weighted by atomic mass is 9.97. The monoisotopic (exact) mass is 245 g/mol. The number of benzene rings is 1. The molecule has 0 radical (unpaired) electrons. The normalized spacial score (nSPS) is 14.4. The molecule has 0 aliphatic carbocycles. The maximum Gasteiger partial charge on any atom is 0.0977 e. The Bertz CT molecular complexity index is 507. The number of aromatic nitrogens is 2. The molecule has 2 aromatic rings. The third-order valence-corrected chi connectivity index (χ3v) is 3.31. The Kier molecular flexibility index (Phi) is 3.79. The zero-order valence-corrected chi connectivity index (χ0v) is 10.7. The molecule has 3 N–H and O–H groups in total. The number of nitrogens with zero attached hydrogens (tertiary/aromatic N) is 2. The van der Waals surface area contributed by atoms with Crippen molar-refractivity contribution in [2.45, 2.75) is 25.5 Å². The molecule has 0 aliphatic heterocycles. The minimum atomic E-state index is -0.682. The van der Waals surface area contributed by atoms with Gasteiger partial charge < -0.3 is 10.8 Å². The van der Waals surface area contributed by atoms with Crippen molar-refractivity contribution in [3.8, 4) is 0 Å². The van der Waals surface area contributed by atoms with E-state index in [0.29, 0.717) is 6.42 Å². The van der Waals surface area contributed by atoms with Gasteiger partial charge in [-0.25, -0.2) is 0 Å². The van der Waals surface area contributed by atoms with Gasteiger partial charge in [0.15, 0.2) is 0 Å². The van der Waals surface area contributed by atoms with E-state index >= 15 is 0 Å². The number of rotatable bonds is 4. The van der Waals surface area contributed by atoms with Crippen LogP contribution in [0.25, 0.3) is 0 Å². The molecule has 0 aliphatic rings. The summed E-state index contributed by atoms with van der Waals surface area (Å²) in [6.45, 7) is 1.93. The molecular formula is C14H19N3O.